The van der Waals surface area contributed by atoms with Crippen molar-refractivity contribution in [2.45, 2.75) is 91.9 Å². The Kier molecular flexibility index (Phi) is 22.5. The van der Waals surface area contributed by atoms with E-state index >= 15 is 0 Å². The lowest BCUT2D eigenvalue weighted by molar-refractivity contribution is 0.664. The van der Waals surface area contributed by atoms with Crippen molar-refractivity contribution in [3.63, 3.8) is 0 Å². The molecule has 0 aliphatic carbocycles. The van der Waals surface area contributed by atoms with E-state index in [-0.39, 0.29) is 0 Å². The molecule has 0 spiro atoms. The van der Waals surface area contributed by atoms with E-state index in [9.17, 15) is 0 Å². The zero-order chi connectivity index (χ0) is 73.4. The summed E-state index contributed by atoms with van der Waals surface area (Å²) in [7, 11) is 0. The number of hydrogen-bond donors (Lipinski definition) is 0. The van der Waals surface area contributed by atoms with E-state index in [1.807, 2.05) is 0 Å². The molecule has 0 radical (unpaired) electrons. The summed E-state index contributed by atoms with van der Waals surface area (Å²) in [6.45, 7) is 9.29. The van der Waals surface area contributed by atoms with Crippen LogP contribution in [0.15, 0.2) is 376 Å². The first-order valence-corrected chi connectivity index (χ1v) is 38.8. The van der Waals surface area contributed by atoms with Crippen molar-refractivity contribution in [2.24, 2.45) is 0 Å². The highest BCUT2D eigenvalue weighted by molar-refractivity contribution is 5.88. The zero-order valence-corrected chi connectivity index (χ0v) is 62.7. The molecule has 15 rings (SSSR count). The van der Waals surface area contributed by atoms with E-state index in [4.69, 9.17) is 0 Å². The Hall–Kier alpha value is -12.5. The fourth-order valence-electron chi connectivity index (χ4n) is 15.4. The van der Waals surface area contributed by atoms with Crippen LogP contribution in [0, 0.1) is 13.8 Å². The number of unbranched alkanes of at least 4 members (excludes halogenated alkanes) is 6. The molecule has 0 unspecified atom stereocenters. The maximum Gasteiger partial charge on any atom is 0.0464 e. The Morgan fingerprint density at radius 3 is 0.611 bits per heavy atom. The van der Waals surface area contributed by atoms with Gasteiger partial charge in [-0.3, -0.25) is 0 Å². The van der Waals surface area contributed by atoms with Crippen LogP contribution in [0.4, 0.5) is 68.2 Å². The van der Waals surface area contributed by atoms with Crippen molar-refractivity contribution in [3.8, 4) is 66.8 Å². The highest BCUT2D eigenvalue weighted by Crippen LogP contribution is 2.46. The SMILES string of the molecule is CCCCCCc1cc(-c2ccc(N(c3ccc(-c4ccccc4)cc3)c3ccc(-c4ccc(N(c5ccccc5)c5ccccc5)cc4)cc3)cc2C)c(CCCCCC)cc1-c1ccc(N(c2ccc(-c3ccccc3)cc2)c2ccc(-c3ccc(N(c4ccccc4)c4ccccc4)cc3)cc2)cc1C. The fraction of sp³-hybridized carbons (Fsp3) is 0.135. The summed E-state index contributed by atoms with van der Waals surface area (Å²) in [5.41, 5.74) is 33.5. The standard InChI is InChI=1S/C104H94N4/c1-5-7-9-17-35-87-75-104(102-72-70-100(74-78(102)4)108(96-63-47-82(48-64-96)80-33-21-12-22-34-80)98-67-55-86(56-68-98)84-51-59-94(60-52-84)106(91-41-27-15-28-42-91)92-43-29-16-30-44-92)88(36-18-10-8-6-2)76-103(87)101-71-69-99(73-77(101)3)107(95-61-45-81(46-62-95)79-31-19-11-20-32-79)97-65-53-85(54-66-97)83-49-57-93(58-50-83)105(89-37-23-13-24-38-89)90-39-25-14-26-40-90/h11-16,19-34,37-76H,5-10,17-18,35-36H2,1-4H3. The minimum absolute atomic E-state index is 1.01. The second-order valence-electron chi connectivity index (χ2n) is 28.5. The Morgan fingerprint density at radius 2 is 0.380 bits per heavy atom. The molecule has 15 aromatic carbocycles. The molecule has 4 heteroatoms. The van der Waals surface area contributed by atoms with Gasteiger partial charge in [-0.25, -0.2) is 0 Å². The van der Waals surface area contributed by atoms with Crippen LogP contribution >= 0.6 is 0 Å². The Labute approximate surface area is 640 Å². The Balaban J connectivity index is 0.769. The number of para-hydroxylation sites is 4. The molecule has 0 saturated carbocycles. The smallest absolute Gasteiger partial charge is 0.0464 e. The quantitative estimate of drug-likeness (QED) is 0.0453. The van der Waals surface area contributed by atoms with E-state index in [1.165, 1.54) is 116 Å². The predicted octanol–water partition coefficient (Wildman–Crippen LogP) is 30.4. The molecule has 530 valence electrons. The van der Waals surface area contributed by atoms with Gasteiger partial charge in [0, 0.05) is 68.2 Å². The van der Waals surface area contributed by atoms with Gasteiger partial charge in [0.2, 0.25) is 0 Å². The summed E-state index contributed by atoms with van der Waals surface area (Å²) in [4.78, 5) is 9.49. The van der Waals surface area contributed by atoms with Crippen molar-refractivity contribution >= 4 is 68.2 Å². The maximum atomic E-state index is 2.61. The molecule has 0 saturated heterocycles. The summed E-state index contributed by atoms with van der Waals surface area (Å²) >= 11 is 0. The molecule has 0 aliphatic rings. The molecule has 0 amide bonds. The number of benzene rings is 15. The molecule has 0 aromatic heterocycles. The largest absolute Gasteiger partial charge is 0.311 e. The van der Waals surface area contributed by atoms with Crippen LogP contribution in [0.3, 0.4) is 0 Å². The third kappa shape index (κ3) is 16.3. The van der Waals surface area contributed by atoms with Crippen LogP contribution in [0.25, 0.3) is 66.8 Å². The Morgan fingerprint density at radius 1 is 0.176 bits per heavy atom. The third-order valence-electron chi connectivity index (χ3n) is 21.1. The van der Waals surface area contributed by atoms with E-state index in [0.29, 0.717) is 0 Å². The summed E-state index contributed by atoms with van der Waals surface area (Å²) in [6.07, 6.45) is 11.6. The average molecular weight is 1400 g/mol. The van der Waals surface area contributed by atoms with Crippen molar-refractivity contribution in [1.29, 1.82) is 0 Å². The van der Waals surface area contributed by atoms with Gasteiger partial charge in [-0.05, 0) is 274 Å². The molecule has 0 heterocycles. The molecule has 0 atom stereocenters. The number of anilines is 12. The van der Waals surface area contributed by atoms with Crippen molar-refractivity contribution in [3.05, 3.63) is 398 Å². The van der Waals surface area contributed by atoms with Gasteiger partial charge < -0.3 is 19.6 Å². The third-order valence-corrected chi connectivity index (χ3v) is 21.1. The monoisotopic (exact) mass is 1400 g/mol. The predicted molar refractivity (Wildman–Crippen MR) is 463 cm³/mol. The molecular formula is C104H94N4. The normalized spacial score (nSPS) is 11.1. The molecule has 0 bridgehead atoms. The first-order valence-electron chi connectivity index (χ1n) is 38.8. The molecular weight excluding hydrogens is 1310 g/mol. The van der Waals surface area contributed by atoms with Crippen LogP contribution in [0.5, 0.6) is 0 Å². The summed E-state index contributed by atoms with van der Waals surface area (Å²) in [6, 6.07) is 138. The lowest BCUT2D eigenvalue weighted by Crippen LogP contribution is -2.10. The molecule has 0 aliphatic heterocycles. The van der Waals surface area contributed by atoms with E-state index in [0.717, 1.165) is 105 Å². The van der Waals surface area contributed by atoms with Gasteiger partial charge in [0.25, 0.3) is 0 Å². The molecule has 0 N–H and O–H groups in total. The van der Waals surface area contributed by atoms with Gasteiger partial charge in [0.05, 0.1) is 0 Å². The molecule has 4 nitrogen and oxygen atoms in total. The highest BCUT2D eigenvalue weighted by Gasteiger charge is 2.23. The lowest BCUT2D eigenvalue weighted by atomic mass is 9.84. The average Bonchev–Trinajstić information content (AvgIpc) is 0.768. The van der Waals surface area contributed by atoms with Crippen LogP contribution in [-0.4, -0.2) is 0 Å². The number of aryl methyl sites for hydroxylation is 4. The lowest BCUT2D eigenvalue weighted by Gasteiger charge is -2.28. The van der Waals surface area contributed by atoms with Crippen molar-refractivity contribution in [1.82, 2.24) is 0 Å². The number of hydrogen-bond acceptors (Lipinski definition) is 4. The minimum atomic E-state index is 1.01. The maximum absolute atomic E-state index is 2.61. The van der Waals surface area contributed by atoms with Crippen LogP contribution in [0.2, 0.25) is 0 Å². The second kappa shape index (κ2) is 34.2. The molecule has 0 fully saturated rings. The second-order valence-corrected chi connectivity index (χ2v) is 28.5. The first kappa shape index (κ1) is 71.1. The van der Waals surface area contributed by atoms with Gasteiger partial charge in [0.15, 0.2) is 0 Å². The number of nitrogens with zero attached hydrogens (tertiary/aromatic N) is 4. The van der Waals surface area contributed by atoms with Crippen molar-refractivity contribution in [2.75, 3.05) is 19.6 Å². The molecule has 15 aromatic rings. The summed E-state index contributed by atoms with van der Waals surface area (Å²) in [5.74, 6) is 0. The fourth-order valence-corrected chi connectivity index (χ4v) is 15.4. The zero-order valence-electron chi connectivity index (χ0n) is 62.7. The number of rotatable bonds is 28. The molecule has 108 heavy (non-hydrogen) atoms. The van der Waals surface area contributed by atoms with Crippen LogP contribution < -0.4 is 19.6 Å². The van der Waals surface area contributed by atoms with E-state index in [2.05, 4.69) is 423 Å². The van der Waals surface area contributed by atoms with Gasteiger partial charge in [0.1, 0.15) is 0 Å². The van der Waals surface area contributed by atoms with E-state index < -0.39 is 0 Å². The van der Waals surface area contributed by atoms with Crippen LogP contribution in [-0.2, 0) is 12.8 Å². The Bertz CT molecular complexity index is 4940. The summed E-state index contributed by atoms with van der Waals surface area (Å²) < 4.78 is 0. The van der Waals surface area contributed by atoms with Gasteiger partial charge >= 0.3 is 0 Å². The van der Waals surface area contributed by atoms with E-state index in [1.54, 1.807) is 0 Å². The minimum Gasteiger partial charge on any atom is -0.311 e. The highest BCUT2D eigenvalue weighted by atomic mass is 15.2. The van der Waals surface area contributed by atoms with Crippen LogP contribution in [0.1, 0.15) is 87.5 Å². The topological polar surface area (TPSA) is 13.0 Å². The van der Waals surface area contributed by atoms with Gasteiger partial charge in [-0.2, -0.15) is 0 Å². The first-order chi connectivity index (χ1) is 53.3. The van der Waals surface area contributed by atoms with Gasteiger partial charge in [-0.1, -0.05) is 283 Å². The van der Waals surface area contributed by atoms with Gasteiger partial charge in [-0.15, -0.1) is 0 Å². The summed E-state index contributed by atoms with van der Waals surface area (Å²) in [5, 5.41) is 0. The van der Waals surface area contributed by atoms with Crippen molar-refractivity contribution < 1.29 is 0 Å².